The summed E-state index contributed by atoms with van der Waals surface area (Å²) >= 11 is 0. The first kappa shape index (κ1) is 17.2. The quantitative estimate of drug-likeness (QED) is 0.510. The SMILES string of the molecule is C1=CC2=N[C@]34CCCC[C@@H]3CC3=C(CCCC3)N4C2=CC1=NC1CCCCC1. The van der Waals surface area contributed by atoms with Crippen molar-refractivity contribution in [2.45, 2.75) is 102 Å². The smallest absolute Gasteiger partial charge is 0.139 e. The lowest BCUT2D eigenvalue weighted by atomic mass is 9.70. The van der Waals surface area contributed by atoms with E-state index < -0.39 is 0 Å². The Morgan fingerprint density at radius 3 is 2.71 bits per heavy atom. The summed E-state index contributed by atoms with van der Waals surface area (Å²) in [5.74, 6) is 0.712. The van der Waals surface area contributed by atoms with Gasteiger partial charge in [-0.25, -0.2) is 0 Å². The van der Waals surface area contributed by atoms with Crippen LogP contribution in [0, 0.1) is 5.92 Å². The van der Waals surface area contributed by atoms with Gasteiger partial charge in [0.25, 0.3) is 0 Å². The normalized spacial score (nSPS) is 36.5. The maximum Gasteiger partial charge on any atom is 0.139 e. The second-order valence-electron chi connectivity index (χ2n) is 9.82. The molecule has 0 bridgehead atoms. The van der Waals surface area contributed by atoms with Gasteiger partial charge in [-0.15, -0.1) is 0 Å². The Bertz CT molecular complexity index is 821. The lowest BCUT2D eigenvalue weighted by molar-refractivity contribution is 0.0498. The van der Waals surface area contributed by atoms with Crippen LogP contribution >= 0.6 is 0 Å². The van der Waals surface area contributed by atoms with Gasteiger partial charge in [0, 0.05) is 11.6 Å². The summed E-state index contributed by atoms with van der Waals surface area (Å²) in [6.45, 7) is 0. The van der Waals surface area contributed by atoms with E-state index in [1.807, 2.05) is 0 Å². The summed E-state index contributed by atoms with van der Waals surface area (Å²) in [6.07, 6.45) is 25.4. The number of hydrogen-bond acceptors (Lipinski definition) is 3. The van der Waals surface area contributed by atoms with Crippen LogP contribution in [-0.4, -0.2) is 28.0 Å². The summed E-state index contributed by atoms with van der Waals surface area (Å²) in [7, 11) is 0. The van der Waals surface area contributed by atoms with Crippen LogP contribution in [0.3, 0.4) is 0 Å². The molecule has 6 aliphatic rings. The van der Waals surface area contributed by atoms with Gasteiger partial charge in [-0.3, -0.25) is 9.98 Å². The number of nitrogens with zero attached hydrogens (tertiary/aromatic N) is 3. The molecule has 2 aliphatic heterocycles. The number of allylic oxidation sites excluding steroid dienone is 5. The van der Waals surface area contributed by atoms with E-state index >= 15 is 0 Å². The summed E-state index contributed by atoms with van der Waals surface area (Å²) in [5, 5.41) is 0. The average molecular weight is 376 g/mol. The van der Waals surface area contributed by atoms with E-state index in [0.29, 0.717) is 12.0 Å². The van der Waals surface area contributed by atoms with E-state index in [9.17, 15) is 0 Å². The van der Waals surface area contributed by atoms with E-state index in [2.05, 4.69) is 23.1 Å². The molecule has 0 amide bonds. The van der Waals surface area contributed by atoms with Crippen LogP contribution in [0.4, 0.5) is 0 Å². The molecule has 0 aromatic rings. The van der Waals surface area contributed by atoms with Crippen molar-refractivity contribution in [3.8, 4) is 0 Å². The van der Waals surface area contributed by atoms with Gasteiger partial charge in [-0.1, -0.05) is 31.3 Å². The van der Waals surface area contributed by atoms with E-state index in [-0.39, 0.29) is 5.66 Å². The van der Waals surface area contributed by atoms with Crippen LogP contribution in [-0.2, 0) is 0 Å². The Morgan fingerprint density at radius 1 is 0.929 bits per heavy atom. The van der Waals surface area contributed by atoms with Crippen molar-refractivity contribution in [1.82, 2.24) is 4.90 Å². The molecule has 0 unspecified atom stereocenters. The summed E-state index contributed by atoms with van der Waals surface area (Å²) < 4.78 is 0. The fourth-order valence-electron chi connectivity index (χ4n) is 6.79. The molecule has 6 rings (SSSR count). The zero-order valence-corrected chi connectivity index (χ0v) is 17.1. The van der Waals surface area contributed by atoms with Gasteiger partial charge in [0.1, 0.15) is 5.66 Å². The van der Waals surface area contributed by atoms with Crippen LogP contribution in [0.25, 0.3) is 0 Å². The lowest BCUT2D eigenvalue weighted by Gasteiger charge is -2.52. The van der Waals surface area contributed by atoms with Crippen molar-refractivity contribution in [3.63, 3.8) is 0 Å². The zero-order valence-electron chi connectivity index (χ0n) is 17.1. The molecule has 2 heterocycles. The average Bonchev–Trinajstić information content (AvgIpc) is 3.07. The largest absolute Gasteiger partial charge is 0.318 e. The predicted octanol–water partition coefficient (Wildman–Crippen LogP) is 6.09. The monoisotopic (exact) mass is 375 g/mol. The van der Waals surface area contributed by atoms with E-state index in [0.717, 1.165) is 0 Å². The summed E-state index contributed by atoms with van der Waals surface area (Å²) in [4.78, 5) is 13.4. The fraction of sp³-hybridized carbons (Fsp3) is 0.680. The third kappa shape index (κ3) is 2.61. The summed E-state index contributed by atoms with van der Waals surface area (Å²) in [6, 6.07) is 0.535. The first-order chi connectivity index (χ1) is 13.8. The van der Waals surface area contributed by atoms with Crippen molar-refractivity contribution in [3.05, 3.63) is 35.2 Å². The Morgan fingerprint density at radius 2 is 1.79 bits per heavy atom. The maximum absolute atomic E-state index is 5.46. The molecule has 0 radical (unpaired) electrons. The van der Waals surface area contributed by atoms with Crippen molar-refractivity contribution in [1.29, 1.82) is 0 Å². The van der Waals surface area contributed by atoms with Crippen molar-refractivity contribution >= 4 is 11.4 Å². The van der Waals surface area contributed by atoms with Crippen LogP contribution in [0.15, 0.2) is 45.2 Å². The minimum absolute atomic E-state index is 0.0280. The first-order valence-electron chi connectivity index (χ1n) is 11.9. The highest BCUT2D eigenvalue weighted by atomic mass is 15.4. The van der Waals surface area contributed by atoms with E-state index in [4.69, 9.17) is 9.98 Å². The molecule has 3 heteroatoms. The molecule has 0 aromatic carbocycles. The summed E-state index contributed by atoms with van der Waals surface area (Å²) in [5.41, 5.74) is 7.22. The molecule has 2 atom stereocenters. The molecule has 3 nitrogen and oxygen atoms in total. The minimum Gasteiger partial charge on any atom is -0.318 e. The second kappa shape index (κ2) is 6.71. The van der Waals surface area contributed by atoms with Crippen LogP contribution in [0.2, 0.25) is 0 Å². The van der Waals surface area contributed by atoms with E-state index in [1.54, 1.807) is 11.3 Å². The number of fused-ring (bicyclic) bond motifs is 3. The van der Waals surface area contributed by atoms with Gasteiger partial charge < -0.3 is 4.90 Å². The molecule has 1 spiro atoms. The highest BCUT2D eigenvalue weighted by Gasteiger charge is 2.55. The van der Waals surface area contributed by atoms with E-state index in [1.165, 1.54) is 107 Å². The van der Waals surface area contributed by atoms with Gasteiger partial charge in [-0.2, -0.15) is 0 Å². The Labute approximate surface area is 169 Å². The maximum atomic E-state index is 5.46. The van der Waals surface area contributed by atoms with Crippen LogP contribution < -0.4 is 0 Å². The number of rotatable bonds is 1. The van der Waals surface area contributed by atoms with Gasteiger partial charge in [0.05, 0.1) is 23.2 Å². The molecule has 0 N–H and O–H groups in total. The Kier molecular flexibility index (Phi) is 4.13. The lowest BCUT2D eigenvalue weighted by Crippen LogP contribution is -2.53. The fourth-order valence-corrected chi connectivity index (χ4v) is 6.79. The van der Waals surface area contributed by atoms with Crippen molar-refractivity contribution in [2.75, 3.05) is 0 Å². The van der Waals surface area contributed by atoms with Crippen molar-refractivity contribution < 1.29 is 0 Å². The Balaban J connectivity index is 1.42. The molecule has 148 valence electrons. The first-order valence-corrected chi connectivity index (χ1v) is 11.9. The molecular weight excluding hydrogens is 342 g/mol. The minimum atomic E-state index is 0.0280. The Hall–Kier alpha value is -1.64. The highest BCUT2D eigenvalue weighted by Crippen LogP contribution is 2.55. The molecule has 2 fully saturated rings. The highest BCUT2D eigenvalue weighted by molar-refractivity contribution is 6.22. The molecule has 0 saturated heterocycles. The van der Waals surface area contributed by atoms with Crippen LogP contribution in [0.5, 0.6) is 0 Å². The predicted molar refractivity (Wildman–Crippen MR) is 116 cm³/mol. The third-order valence-corrected chi connectivity index (χ3v) is 8.12. The van der Waals surface area contributed by atoms with Gasteiger partial charge >= 0.3 is 0 Å². The molecular formula is C25H33N3. The number of hydrogen-bond donors (Lipinski definition) is 0. The van der Waals surface area contributed by atoms with Gasteiger partial charge in [0.15, 0.2) is 0 Å². The molecule has 0 aromatic heterocycles. The zero-order chi connectivity index (χ0) is 18.6. The van der Waals surface area contributed by atoms with Gasteiger partial charge in [-0.05, 0) is 82.4 Å². The van der Waals surface area contributed by atoms with Gasteiger partial charge in [0.2, 0.25) is 0 Å². The second-order valence-corrected chi connectivity index (χ2v) is 9.82. The third-order valence-electron chi connectivity index (χ3n) is 8.12. The molecule has 28 heavy (non-hydrogen) atoms. The number of aliphatic imine (C=N–C) groups is 2. The molecule has 4 aliphatic carbocycles. The standard InChI is InChI=1S/C25H33N3/c1-2-10-20(11-3-1)26-21-13-14-22-24(17-21)28-23-12-5-4-8-18(23)16-19-9-6-7-15-25(19,28)27-22/h13-14,17,19-20H,1-12,15-16H2/t19-,25+/m1/s1. The topological polar surface area (TPSA) is 28.0 Å². The van der Waals surface area contributed by atoms with Crippen LogP contribution in [0.1, 0.15) is 89.9 Å². The molecule has 2 saturated carbocycles. The van der Waals surface area contributed by atoms with Crippen molar-refractivity contribution in [2.24, 2.45) is 15.9 Å².